The summed E-state index contributed by atoms with van der Waals surface area (Å²) in [4.78, 5) is 42.4. The lowest BCUT2D eigenvalue weighted by Gasteiger charge is -2.18. The molecule has 41 heavy (non-hydrogen) atoms. The second-order valence-corrected chi connectivity index (χ2v) is 12.4. The first-order valence-electron chi connectivity index (χ1n) is 16.5. The van der Waals surface area contributed by atoms with Gasteiger partial charge in [0.1, 0.15) is 6.61 Å². The number of hydrogen-bond donors (Lipinski definition) is 2. The predicted octanol–water partition coefficient (Wildman–Crippen LogP) is 9.12. The van der Waals surface area contributed by atoms with Gasteiger partial charge in [0.15, 0.2) is 6.10 Å². The van der Waals surface area contributed by atoms with Crippen LogP contribution in [0.25, 0.3) is 0 Å². The molecule has 0 radical (unpaired) electrons. The zero-order valence-electron chi connectivity index (χ0n) is 26.2. The van der Waals surface area contributed by atoms with E-state index in [0.29, 0.717) is 6.42 Å². The Balaban J connectivity index is 4.00. The van der Waals surface area contributed by atoms with Gasteiger partial charge in [0.25, 0.3) is 0 Å². The molecule has 0 bridgehead atoms. The van der Waals surface area contributed by atoms with E-state index in [-0.39, 0.29) is 19.4 Å². The third-order valence-electron chi connectivity index (χ3n) is 7.03. The number of allylic oxidation sites excluding steroid dienone is 2. The van der Waals surface area contributed by atoms with Gasteiger partial charge in [-0.05, 0) is 38.5 Å². The minimum absolute atomic E-state index is 0.205. The summed E-state index contributed by atoms with van der Waals surface area (Å²) in [5, 5.41) is 0. The van der Waals surface area contributed by atoms with Crippen LogP contribution in [-0.4, -0.2) is 41.0 Å². The molecular weight excluding hydrogens is 543 g/mol. The number of carbonyl (C=O) groups is 2. The number of esters is 2. The summed E-state index contributed by atoms with van der Waals surface area (Å²) in [6, 6.07) is 0. The van der Waals surface area contributed by atoms with Crippen LogP contribution in [0.3, 0.4) is 0 Å². The second kappa shape index (κ2) is 28.9. The molecule has 0 aromatic carbocycles. The Bertz CT molecular complexity index is 691. The summed E-state index contributed by atoms with van der Waals surface area (Å²) in [5.74, 6) is -0.897. The SMILES string of the molecule is CCCCCCCC/C=C\CCCCCCCC(=O)OC(COC(=O)CCCCCCCCCC)COP(=O)(O)O. The molecule has 0 aromatic heterocycles. The van der Waals surface area contributed by atoms with E-state index >= 15 is 0 Å². The van der Waals surface area contributed by atoms with E-state index in [0.717, 1.165) is 51.4 Å². The van der Waals surface area contributed by atoms with Crippen molar-refractivity contribution in [3.8, 4) is 0 Å². The van der Waals surface area contributed by atoms with Gasteiger partial charge in [0, 0.05) is 12.8 Å². The van der Waals surface area contributed by atoms with Gasteiger partial charge in [0.2, 0.25) is 0 Å². The summed E-state index contributed by atoms with van der Waals surface area (Å²) in [5.41, 5.74) is 0. The van der Waals surface area contributed by atoms with E-state index in [9.17, 15) is 14.2 Å². The Hall–Kier alpha value is -1.21. The Labute approximate surface area is 250 Å². The molecular formula is C32H61O8P. The van der Waals surface area contributed by atoms with Crippen LogP contribution in [-0.2, 0) is 28.2 Å². The second-order valence-electron chi connectivity index (χ2n) is 11.1. The van der Waals surface area contributed by atoms with Crippen LogP contribution in [0.1, 0.15) is 162 Å². The first-order chi connectivity index (χ1) is 19.8. The minimum Gasteiger partial charge on any atom is -0.462 e. The number of unbranched alkanes of at least 4 members (excludes halogenated alkanes) is 18. The van der Waals surface area contributed by atoms with Gasteiger partial charge in [-0.25, -0.2) is 4.57 Å². The number of ether oxygens (including phenoxy) is 2. The largest absolute Gasteiger partial charge is 0.469 e. The zero-order valence-corrected chi connectivity index (χ0v) is 27.1. The first-order valence-corrected chi connectivity index (χ1v) is 18.0. The maximum absolute atomic E-state index is 12.3. The van der Waals surface area contributed by atoms with Crippen LogP contribution in [0.5, 0.6) is 0 Å². The van der Waals surface area contributed by atoms with Crippen molar-refractivity contribution in [2.45, 2.75) is 168 Å². The fourth-order valence-corrected chi connectivity index (χ4v) is 4.90. The Morgan fingerprint density at radius 2 is 1.02 bits per heavy atom. The molecule has 0 aliphatic carbocycles. The molecule has 1 unspecified atom stereocenters. The van der Waals surface area contributed by atoms with Crippen molar-refractivity contribution >= 4 is 19.8 Å². The minimum atomic E-state index is -4.74. The lowest BCUT2D eigenvalue weighted by atomic mass is 10.1. The monoisotopic (exact) mass is 604 g/mol. The van der Waals surface area contributed by atoms with E-state index < -0.39 is 32.5 Å². The standard InChI is InChI=1S/C32H61O8P/c1-3-5-7-9-11-13-14-15-16-17-18-19-21-23-25-27-32(34)40-30(29-39-41(35,36)37)28-38-31(33)26-24-22-20-12-10-8-6-4-2/h15-16,30H,3-14,17-29H2,1-2H3,(H2,35,36,37)/b16-15-. The van der Waals surface area contributed by atoms with E-state index in [1.807, 2.05) is 0 Å². The average Bonchev–Trinajstić information content (AvgIpc) is 2.93. The smallest absolute Gasteiger partial charge is 0.462 e. The molecule has 8 nitrogen and oxygen atoms in total. The van der Waals surface area contributed by atoms with Crippen molar-refractivity contribution < 1.29 is 37.9 Å². The maximum atomic E-state index is 12.3. The molecule has 0 heterocycles. The van der Waals surface area contributed by atoms with Crippen LogP contribution in [0.15, 0.2) is 12.2 Å². The maximum Gasteiger partial charge on any atom is 0.469 e. The van der Waals surface area contributed by atoms with Crippen molar-refractivity contribution in [1.29, 1.82) is 0 Å². The van der Waals surface area contributed by atoms with Crippen molar-refractivity contribution in [2.24, 2.45) is 0 Å². The molecule has 0 aliphatic rings. The Morgan fingerprint density at radius 1 is 0.610 bits per heavy atom. The van der Waals surface area contributed by atoms with Gasteiger partial charge in [-0.15, -0.1) is 0 Å². The molecule has 0 saturated carbocycles. The molecule has 2 N–H and O–H groups in total. The molecule has 9 heteroatoms. The van der Waals surface area contributed by atoms with E-state index in [4.69, 9.17) is 19.3 Å². The first kappa shape index (κ1) is 39.8. The topological polar surface area (TPSA) is 119 Å². The quantitative estimate of drug-likeness (QED) is 0.0360. The van der Waals surface area contributed by atoms with Gasteiger partial charge >= 0.3 is 19.8 Å². The Morgan fingerprint density at radius 3 is 1.49 bits per heavy atom. The lowest BCUT2D eigenvalue weighted by molar-refractivity contribution is -0.161. The number of phosphoric ester groups is 1. The van der Waals surface area contributed by atoms with Crippen LogP contribution < -0.4 is 0 Å². The summed E-state index contributed by atoms with van der Waals surface area (Å²) in [6.07, 6.45) is 28.0. The highest BCUT2D eigenvalue weighted by Gasteiger charge is 2.22. The number of rotatable bonds is 30. The highest BCUT2D eigenvalue weighted by Crippen LogP contribution is 2.35. The highest BCUT2D eigenvalue weighted by molar-refractivity contribution is 7.46. The molecule has 1 atom stereocenters. The molecule has 0 rings (SSSR count). The predicted molar refractivity (Wildman–Crippen MR) is 166 cm³/mol. The van der Waals surface area contributed by atoms with Gasteiger partial charge < -0.3 is 19.3 Å². The normalized spacial score (nSPS) is 12.6. The summed E-state index contributed by atoms with van der Waals surface area (Å²) >= 11 is 0. The fourth-order valence-electron chi connectivity index (χ4n) is 4.54. The van der Waals surface area contributed by atoms with Crippen LogP contribution in [0, 0.1) is 0 Å². The van der Waals surface area contributed by atoms with Crippen molar-refractivity contribution in [2.75, 3.05) is 13.2 Å². The van der Waals surface area contributed by atoms with Crippen molar-refractivity contribution in [3.63, 3.8) is 0 Å². The number of hydrogen-bond acceptors (Lipinski definition) is 6. The van der Waals surface area contributed by atoms with E-state index in [2.05, 4.69) is 30.5 Å². The van der Waals surface area contributed by atoms with Crippen LogP contribution in [0.4, 0.5) is 0 Å². The molecule has 0 spiro atoms. The van der Waals surface area contributed by atoms with Crippen LogP contribution >= 0.6 is 7.82 Å². The van der Waals surface area contributed by atoms with Crippen molar-refractivity contribution in [3.05, 3.63) is 12.2 Å². The summed E-state index contributed by atoms with van der Waals surface area (Å²) < 4.78 is 26.1. The van der Waals surface area contributed by atoms with Gasteiger partial charge in [-0.3, -0.25) is 14.1 Å². The Kier molecular flexibility index (Phi) is 28.0. The molecule has 0 aromatic rings. The molecule has 0 amide bonds. The van der Waals surface area contributed by atoms with Gasteiger partial charge in [-0.2, -0.15) is 0 Å². The summed E-state index contributed by atoms with van der Waals surface area (Å²) in [7, 11) is -4.74. The van der Waals surface area contributed by atoms with Crippen LogP contribution in [0.2, 0.25) is 0 Å². The third kappa shape index (κ3) is 31.6. The third-order valence-corrected chi connectivity index (χ3v) is 7.52. The lowest BCUT2D eigenvalue weighted by Crippen LogP contribution is -2.29. The molecule has 242 valence electrons. The van der Waals surface area contributed by atoms with Crippen molar-refractivity contribution in [1.82, 2.24) is 0 Å². The zero-order chi connectivity index (χ0) is 30.4. The highest BCUT2D eigenvalue weighted by atomic mass is 31.2. The summed E-state index contributed by atoms with van der Waals surface area (Å²) in [6.45, 7) is 3.61. The van der Waals surface area contributed by atoms with Gasteiger partial charge in [0.05, 0.1) is 6.61 Å². The average molecular weight is 605 g/mol. The fraction of sp³-hybridized carbons (Fsp3) is 0.875. The molecule has 0 saturated heterocycles. The molecule has 0 fully saturated rings. The number of carbonyl (C=O) groups excluding carboxylic acids is 2. The van der Waals surface area contributed by atoms with E-state index in [1.165, 1.54) is 77.0 Å². The molecule has 0 aliphatic heterocycles. The number of phosphoric acid groups is 1. The van der Waals surface area contributed by atoms with Gasteiger partial charge in [-0.1, -0.05) is 122 Å². The van der Waals surface area contributed by atoms with E-state index in [1.54, 1.807) is 0 Å².